The van der Waals surface area contributed by atoms with Crippen LogP contribution in [0.3, 0.4) is 0 Å². The molecule has 1 saturated carbocycles. The van der Waals surface area contributed by atoms with Gasteiger partial charge in [-0.3, -0.25) is 14.5 Å². The van der Waals surface area contributed by atoms with E-state index in [0.717, 1.165) is 24.8 Å². The van der Waals surface area contributed by atoms with Crippen LogP contribution in [0.4, 0.5) is 0 Å². The lowest BCUT2D eigenvalue weighted by Gasteiger charge is -2.38. The number of hydrogen-bond acceptors (Lipinski definition) is 6. The van der Waals surface area contributed by atoms with E-state index < -0.39 is 6.04 Å². The molecule has 1 aliphatic carbocycles. The predicted octanol–water partition coefficient (Wildman–Crippen LogP) is 0.745. The Balaban J connectivity index is 1.24. The molecule has 0 aromatic heterocycles. The average molecular weight is 419 g/mol. The number of nitriles is 2. The summed E-state index contributed by atoms with van der Waals surface area (Å²) in [7, 11) is 0. The minimum absolute atomic E-state index is 0.0593. The molecule has 8 nitrogen and oxygen atoms in total. The second-order valence-electron chi connectivity index (χ2n) is 9.31. The summed E-state index contributed by atoms with van der Waals surface area (Å²) in [6, 6.07) is 10.6. The van der Waals surface area contributed by atoms with Gasteiger partial charge in [-0.25, -0.2) is 0 Å². The number of nitrogens with zero attached hydrogens (tertiary/aromatic N) is 5. The van der Waals surface area contributed by atoms with Crippen LogP contribution in [0.2, 0.25) is 0 Å². The van der Waals surface area contributed by atoms with E-state index in [4.69, 9.17) is 11.0 Å². The highest BCUT2D eigenvalue weighted by Crippen LogP contribution is 2.48. The molecule has 1 aromatic rings. The summed E-state index contributed by atoms with van der Waals surface area (Å²) in [4.78, 5) is 31.8. The number of benzene rings is 1. The van der Waals surface area contributed by atoms with Crippen LogP contribution in [-0.4, -0.2) is 69.8 Å². The molecule has 3 heterocycles. The number of piperidine rings is 1. The fourth-order valence-electron chi connectivity index (χ4n) is 5.84. The predicted molar refractivity (Wildman–Crippen MR) is 111 cm³/mol. The fourth-order valence-corrected chi connectivity index (χ4v) is 5.84. The molecular weight excluding hydrogens is 392 g/mol. The van der Waals surface area contributed by atoms with Gasteiger partial charge in [0.15, 0.2) is 0 Å². The van der Waals surface area contributed by atoms with E-state index >= 15 is 0 Å². The minimum atomic E-state index is -0.722. The maximum absolute atomic E-state index is 13.2. The van der Waals surface area contributed by atoms with Gasteiger partial charge in [0.2, 0.25) is 11.8 Å². The number of fused-ring (bicyclic) bond motifs is 3. The van der Waals surface area contributed by atoms with Gasteiger partial charge in [-0.05, 0) is 49.8 Å². The van der Waals surface area contributed by atoms with Gasteiger partial charge < -0.3 is 15.5 Å². The smallest absolute Gasteiger partial charge is 0.242 e. The Hall–Kier alpha value is -2.94. The summed E-state index contributed by atoms with van der Waals surface area (Å²) in [5, 5.41) is 18.5. The summed E-state index contributed by atoms with van der Waals surface area (Å²) < 4.78 is 0. The summed E-state index contributed by atoms with van der Waals surface area (Å²) >= 11 is 0. The molecule has 0 unspecified atom stereocenters. The maximum Gasteiger partial charge on any atom is 0.242 e. The van der Waals surface area contributed by atoms with Crippen molar-refractivity contribution < 1.29 is 9.59 Å². The summed E-state index contributed by atoms with van der Waals surface area (Å²) in [6.07, 6.45) is 2.47. The van der Waals surface area contributed by atoms with Crippen molar-refractivity contribution in [1.82, 2.24) is 14.7 Å². The van der Waals surface area contributed by atoms with Gasteiger partial charge in [-0.1, -0.05) is 12.1 Å². The van der Waals surface area contributed by atoms with Crippen LogP contribution in [0.1, 0.15) is 43.4 Å². The standard InChI is InChI=1S/C23H26N6O2/c1-13(15-4-2-3-14(5-15)9-24)28-18-8-21(23(28)31)27(11-18)12-19(26)22(30)29-17(10-25)6-16-7-20(16)29/h2-5,13,16-21H,6-8,11-12,26H2,1H3/t13-,16+,17-,18-,19-,20-,21-/m0/s1. The molecule has 2 amide bonds. The highest BCUT2D eigenvalue weighted by atomic mass is 16.2. The highest BCUT2D eigenvalue weighted by molar-refractivity contribution is 5.87. The molecular formula is C23H26N6O2. The van der Waals surface area contributed by atoms with Crippen molar-refractivity contribution in [2.24, 2.45) is 11.7 Å². The van der Waals surface area contributed by atoms with Crippen molar-refractivity contribution in [3.05, 3.63) is 35.4 Å². The normalized spacial score (nSPS) is 33.0. The van der Waals surface area contributed by atoms with Crippen molar-refractivity contribution in [2.45, 2.75) is 62.4 Å². The zero-order valence-corrected chi connectivity index (χ0v) is 17.5. The van der Waals surface area contributed by atoms with Crippen LogP contribution in [-0.2, 0) is 9.59 Å². The third-order valence-corrected chi connectivity index (χ3v) is 7.49. The monoisotopic (exact) mass is 418 g/mol. The van der Waals surface area contributed by atoms with Crippen molar-refractivity contribution in [3.63, 3.8) is 0 Å². The molecule has 8 heteroatoms. The highest BCUT2D eigenvalue weighted by Gasteiger charge is 2.56. The molecule has 5 rings (SSSR count). The third-order valence-electron chi connectivity index (χ3n) is 7.49. The number of piperazine rings is 1. The first kappa shape index (κ1) is 20.0. The van der Waals surface area contributed by atoms with Gasteiger partial charge in [0.05, 0.1) is 35.8 Å². The average Bonchev–Trinajstić information content (AvgIpc) is 3.11. The Morgan fingerprint density at radius 1 is 1.29 bits per heavy atom. The largest absolute Gasteiger partial charge is 0.330 e. The summed E-state index contributed by atoms with van der Waals surface area (Å²) in [5.74, 6) is 0.356. The first-order valence-corrected chi connectivity index (χ1v) is 11.0. The number of hydrogen-bond donors (Lipinski definition) is 1. The number of amides is 2. The Bertz CT molecular complexity index is 1010. The van der Waals surface area contributed by atoms with Crippen LogP contribution < -0.4 is 5.73 Å². The lowest BCUT2D eigenvalue weighted by atomic mass is 10.0. The van der Waals surface area contributed by atoms with Crippen molar-refractivity contribution in [1.29, 1.82) is 10.5 Å². The first-order chi connectivity index (χ1) is 14.9. The second kappa shape index (κ2) is 7.33. The molecule has 4 fully saturated rings. The molecule has 2 bridgehead atoms. The van der Waals surface area contributed by atoms with Gasteiger partial charge in [0, 0.05) is 25.2 Å². The van der Waals surface area contributed by atoms with Crippen LogP contribution >= 0.6 is 0 Å². The van der Waals surface area contributed by atoms with Crippen molar-refractivity contribution in [3.8, 4) is 12.1 Å². The Kier molecular flexibility index (Phi) is 4.73. The molecule has 7 atom stereocenters. The quantitative estimate of drug-likeness (QED) is 0.754. The van der Waals surface area contributed by atoms with E-state index in [-0.39, 0.29) is 42.0 Å². The lowest BCUT2D eigenvalue weighted by molar-refractivity contribution is -0.141. The van der Waals surface area contributed by atoms with Gasteiger partial charge >= 0.3 is 0 Å². The van der Waals surface area contributed by atoms with E-state index in [2.05, 4.69) is 12.1 Å². The maximum atomic E-state index is 13.2. The zero-order valence-electron chi connectivity index (χ0n) is 17.5. The molecule has 1 aromatic carbocycles. The van der Waals surface area contributed by atoms with Crippen LogP contribution in [0, 0.1) is 28.6 Å². The molecule has 160 valence electrons. The number of carbonyl (C=O) groups excluding carboxylic acids is 2. The van der Waals surface area contributed by atoms with E-state index in [1.54, 1.807) is 11.0 Å². The Morgan fingerprint density at radius 3 is 2.81 bits per heavy atom. The van der Waals surface area contributed by atoms with Crippen LogP contribution in [0.5, 0.6) is 0 Å². The van der Waals surface area contributed by atoms with Gasteiger partial charge in [-0.2, -0.15) is 10.5 Å². The molecule has 2 N–H and O–H groups in total. The summed E-state index contributed by atoms with van der Waals surface area (Å²) in [6.45, 7) is 3.02. The Labute approximate surface area is 181 Å². The van der Waals surface area contributed by atoms with E-state index in [1.807, 2.05) is 34.9 Å². The summed E-state index contributed by atoms with van der Waals surface area (Å²) in [5.41, 5.74) is 7.81. The van der Waals surface area contributed by atoms with E-state index in [0.29, 0.717) is 24.6 Å². The molecule has 3 saturated heterocycles. The minimum Gasteiger partial charge on any atom is -0.330 e. The second-order valence-corrected chi connectivity index (χ2v) is 9.31. The fraction of sp³-hybridized carbons (Fsp3) is 0.565. The molecule has 0 radical (unpaired) electrons. The van der Waals surface area contributed by atoms with Crippen LogP contribution in [0.25, 0.3) is 0 Å². The Morgan fingerprint density at radius 2 is 2.10 bits per heavy atom. The number of nitrogens with two attached hydrogens (primary N) is 1. The first-order valence-electron chi connectivity index (χ1n) is 11.0. The number of rotatable bonds is 5. The number of carbonyl (C=O) groups is 2. The molecule has 0 spiro atoms. The zero-order chi connectivity index (χ0) is 21.9. The lowest BCUT2D eigenvalue weighted by Crippen LogP contribution is -2.57. The van der Waals surface area contributed by atoms with Gasteiger partial charge in [-0.15, -0.1) is 0 Å². The molecule has 3 aliphatic heterocycles. The van der Waals surface area contributed by atoms with Crippen molar-refractivity contribution in [2.75, 3.05) is 13.1 Å². The molecule has 31 heavy (non-hydrogen) atoms. The van der Waals surface area contributed by atoms with E-state index in [9.17, 15) is 14.9 Å². The topological polar surface area (TPSA) is 117 Å². The molecule has 4 aliphatic rings. The third kappa shape index (κ3) is 3.18. The van der Waals surface area contributed by atoms with Crippen LogP contribution in [0.15, 0.2) is 24.3 Å². The number of likely N-dealkylation sites (tertiary alicyclic amines) is 3. The van der Waals surface area contributed by atoms with E-state index in [1.165, 1.54) is 0 Å². The van der Waals surface area contributed by atoms with Crippen molar-refractivity contribution >= 4 is 11.8 Å². The SMILES string of the molecule is C[C@@H](c1cccc(C#N)c1)N1C(=O)[C@@H]2C[C@H]1CN2C[C@H](N)C(=O)N1[C@H](C#N)C[C@@H]2C[C@@H]21. The van der Waals surface area contributed by atoms with Gasteiger partial charge in [0.25, 0.3) is 0 Å². The van der Waals surface area contributed by atoms with Gasteiger partial charge in [0.1, 0.15) is 6.04 Å².